The van der Waals surface area contributed by atoms with Gasteiger partial charge >= 0.3 is 0 Å². The van der Waals surface area contributed by atoms with Crippen LogP contribution in [0, 0.1) is 18.8 Å². The fourth-order valence-electron chi connectivity index (χ4n) is 3.00. The third-order valence-electron chi connectivity index (χ3n) is 4.42. The molecule has 0 spiro atoms. The lowest BCUT2D eigenvalue weighted by molar-refractivity contribution is 0.275. The molecular formula is C15H26ClN3. The SMILES string of the molecule is Cc1nn(C)c(CNCCC2CCC(C)CC2)c1Cl. The molecule has 1 aromatic rings. The number of aromatic nitrogens is 2. The summed E-state index contributed by atoms with van der Waals surface area (Å²) in [6.45, 7) is 6.23. The molecular weight excluding hydrogens is 258 g/mol. The summed E-state index contributed by atoms with van der Waals surface area (Å²) in [5.74, 6) is 1.87. The van der Waals surface area contributed by atoms with Gasteiger partial charge < -0.3 is 5.32 Å². The van der Waals surface area contributed by atoms with E-state index in [1.54, 1.807) is 0 Å². The van der Waals surface area contributed by atoms with E-state index in [0.717, 1.165) is 41.3 Å². The van der Waals surface area contributed by atoms with Crippen LogP contribution in [0.15, 0.2) is 0 Å². The molecule has 0 amide bonds. The Balaban J connectivity index is 1.69. The minimum atomic E-state index is 0.807. The molecule has 19 heavy (non-hydrogen) atoms. The Morgan fingerprint density at radius 3 is 2.58 bits per heavy atom. The highest BCUT2D eigenvalue weighted by Gasteiger charge is 2.17. The smallest absolute Gasteiger partial charge is 0.0860 e. The summed E-state index contributed by atoms with van der Waals surface area (Å²) in [5.41, 5.74) is 2.01. The standard InChI is InChI=1S/C15H26ClN3/c1-11-4-6-13(7-5-11)8-9-17-10-14-15(16)12(2)18-19(14)3/h11,13,17H,4-10H2,1-3H3. The molecule has 0 atom stereocenters. The van der Waals surface area contributed by atoms with Crippen LogP contribution in [0.5, 0.6) is 0 Å². The third-order valence-corrected chi connectivity index (χ3v) is 4.91. The summed E-state index contributed by atoms with van der Waals surface area (Å²) in [6.07, 6.45) is 6.94. The van der Waals surface area contributed by atoms with E-state index in [9.17, 15) is 0 Å². The minimum absolute atomic E-state index is 0.807. The lowest BCUT2D eigenvalue weighted by atomic mass is 9.81. The van der Waals surface area contributed by atoms with Crippen LogP contribution >= 0.6 is 11.6 Å². The molecule has 0 bridgehead atoms. The summed E-state index contributed by atoms with van der Waals surface area (Å²) < 4.78 is 1.88. The van der Waals surface area contributed by atoms with Gasteiger partial charge in [0.25, 0.3) is 0 Å². The average molecular weight is 284 g/mol. The Kier molecular flexibility index (Phi) is 5.28. The van der Waals surface area contributed by atoms with E-state index in [2.05, 4.69) is 17.3 Å². The van der Waals surface area contributed by atoms with Crippen molar-refractivity contribution >= 4 is 11.6 Å². The van der Waals surface area contributed by atoms with Crippen LogP contribution < -0.4 is 5.32 Å². The number of nitrogens with one attached hydrogen (secondary N) is 1. The maximum Gasteiger partial charge on any atom is 0.0860 e. The van der Waals surface area contributed by atoms with E-state index < -0.39 is 0 Å². The number of hydrogen-bond donors (Lipinski definition) is 1. The van der Waals surface area contributed by atoms with E-state index in [1.165, 1.54) is 32.1 Å². The summed E-state index contributed by atoms with van der Waals surface area (Å²) >= 11 is 6.23. The van der Waals surface area contributed by atoms with Crippen molar-refractivity contribution in [2.24, 2.45) is 18.9 Å². The molecule has 1 heterocycles. The normalized spacial score (nSPS) is 23.8. The van der Waals surface area contributed by atoms with Crippen LogP contribution in [0.25, 0.3) is 0 Å². The maximum atomic E-state index is 6.23. The van der Waals surface area contributed by atoms with Gasteiger partial charge in [-0.25, -0.2) is 0 Å². The molecule has 1 fully saturated rings. The van der Waals surface area contributed by atoms with E-state index in [0.29, 0.717) is 0 Å². The number of hydrogen-bond acceptors (Lipinski definition) is 2. The summed E-state index contributed by atoms with van der Waals surface area (Å²) in [6, 6.07) is 0. The van der Waals surface area contributed by atoms with Gasteiger partial charge in [-0.15, -0.1) is 0 Å². The summed E-state index contributed by atoms with van der Waals surface area (Å²) in [5, 5.41) is 8.65. The number of rotatable bonds is 5. The fraction of sp³-hybridized carbons (Fsp3) is 0.800. The van der Waals surface area contributed by atoms with Gasteiger partial charge in [0, 0.05) is 13.6 Å². The zero-order valence-corrected chi connectivity index (χ0v) is 13.1. The van der Waals surface area contributed by atoms with Gasteiger partial charge in [-0.1, -0.05) is 44.2 Å². The van der Waals surface area contributed by atoms with Crippen molar-refractivity contribution in [1.82, 2.24) is 15.1 Å². The predicted molar refractivity (Wildman–Crippen MR) is 80.4 cm³/mol. The highest BCUT2D eigenvalue weighted by atomic mass is 35.5. The van der Waals surface area contributed by atoms with Crippen molar-refractivity contribution in [3.8, 4) is 0 Å². The van der Waals surface area contributed by atoms with Crippen LogP contribution in [-0.2, 0) is 13.6 Å². The first-order valence-corrected chi connectivity index (χ1v) is 7.84. The molecule has 2 rings (SSSR count). The molecule has 108 valence electrons. The Hall–Kier alpha value is -0.540. The second kappa shape index (κ2) is 6.76. The molecule has 0 aromatic carbocycles. The second-order valence-electron chi connectivity index (χ2n) is 6.06. The molecule has 1 aliphatic carbocycles. The van der Waals surface area contributed by atoms with Gasteiger partial charge in [0.2, 0.25) is 0 Å². The van der Waals surface area contributed by atoms with Crippen LogP contribution in [0.3, 0.4) is 0 Å². The summed E-state index contributed by atoms with van der Waals surface area (Å²) in [7, 11) is 1.96. The van der Waals surface area contributed by atoms with Crippen LogP contribution in [0.2, 0.25) is 5.02 Å². The molecule has 1 aromatic heterocycles. The monoisotopic (exact) mass is 283 g/mol. The Morgan fingerprint density at radius 2 is 2.00 bits per heavy atom. The van der Waals surface area contributed by atoms with Crippen molar-refractivity contribution in [3.63, 3.8) is 0 Å². The Morgan fingerprint density at radius 1 is 1.32 bits per heavy atom. The lowest BCUT2D eigenvalue weighted by Gasteiger charge is -2.26. The van der Waals surface area contributed by atoms with E-state index in [1.807, 2.05) is 18.7 Å². The summed E-state index contributed by atoms with van der Waals surface area (Å²) in [4.78, 5) is 0. The number of halogens is 1. The first-order chi connectivity index (χ1) is 9.08. The molecule has 0 saturated heterocycles. The topological polar surface area (TPSA) is 29.9 Å². The third kappa shape index (κ3) is 3.96. The molecule has 3 nitrogen and oxygen atoms in total. The maximum absolute atomic E-state index is 6.23. The molecule has 0 aliphatic heterocycles. The van der Waals surface area contributed by atoms with Crippen molar-refractivity contribution in [2.75, 3.05) is 6.54 Å². The fourth-order valence-corrected chi connectivity index (χ4v) is 3.23. The highest BCUT2D eigenvalue weighted by molar-refractivity contribution is 6.31. The van der Waals surface area contributed by atoms with Gasteiger partial charge in [0.1, 0.15) is 0 Å². The van der Waals surface area contributed by atoms with Gasteiger partial charge in [0.05, 0.1) is 16.4 Å². The van der Waals surface area contributed by atoms with Crippen molar-refractivity contribution in [2.45, 2.75) is 52.5 Å². The van der Waals surface area contributed by atoms with Crippen LogP contribution in [0.1, 0.15) is 50.4 Å². The van der Waals surface area contributed by atoms with E-state index >= 15 is 0 Å². The predicted octanol–water partition coefficient (Wildman–Crippen LogP) is 3.69. The quantitative estimate of drug-likeness (QED) is 0.835. The van der Waals surface area contributed by atoms with E-state index in [4.69, 9.17) is 11.6 Å². The Bertz CT molecular complexity index is 406. The van der Waals surface area contributed by atoms with Crippen LogP contribution in [-0.4, -0.2) is 16.3 Å². The van der Waals surface area contributed by atoms with Gasteiger partial charge in [-0.2, -0.15) is 5.10 Å². The molecule has 4 heteroatoms. The molecule has 1 aliphatic rings. The minimum Gasteiger partial charge on any atom is -0.311 e. The largest absolute Gasteiger partial charge is 0.311 e. The number of nitrogens with zero attached hydrogens (tertiary/aromatic N) is 2. The van der Waals surface area contributed by atoms with Gasteiger partial charge in [0.15, 0.2) is 0 Å². The molecule has 0 unspecified atom stereocenters. The first-order valence-electron chi connectivity index (χ1n) is 7.46. The lowest BCUT2D eigenvalue weighted by Crippen LogP contribution is -2.21. The van der Waals surface area contributed by atoms with Crippen molar-refractivity contribution in [1.29, 1.82) is 0 Å². The molecule has 0 radical (unpaired) electrons. The van der Waals surface area contributed by atoms with Gasteiger partial charge in [-0.3, -0.25) is 4.68 Å². The van der Waals surface area contributed by atoms with Crippen LogP contribution in [0.4, 0.5) is 0 Å². The molecule has 1 N–H and O–H groups in total. The average Bonchev–Trinajstić information content (AvgIpc) is 2.62. The zero-order chi connectivity index (χ0) is 13.8. The zero-order valence-electron chi connectivity index (χ0n) is 12.4. The van der Waals surface area contributed by atoms with Crippen molar-refractivity contribution in [3.05, 3.63) is 16.4 Å². The van der Waals surface area contributed by atoms with Gasteiger partial charge in [-0.05, 0) is 31.7 Å². The first kappa shape index (κ1) is 14.9. The highest BCUT2D eigenvalue weighted by Crippen LogP contribution is 2.30. The van der Waals surface area contributed by atoms with E-state index in [-0.39, 0.29) is 0 Å². The molecule has 1 saturated carbocycles. The number of aryl methyl sites for hydroxylation is 2. The second-order valence-corrected chi connectivity index (χ2v) is 6.44. The van der Waals surface area contributed by atoms with Crippen molar-refractivity contribution < 1.29 is 0 Å². The Labute approximate surface area is 121 Å².